The predicted octanol–water partition coefficient (Wildman–Crippen LogP) is 4.17. The quantitative estimate of drug-likeness (QED) is 0.285. The Balaban J connectivity index is -0.000000661. The zero-order valence-corrected chi connectivity index (χ0v) is 30.4. The van der Waals surface area contributed by atoms with E-state index in [1.807, 2.05) is 46.8 Å². The van der Waals surface area contributed by atoms with Crippen molar-refractivity contribution in [1.29, 1.82) is 0 Å². The van der Waals surface area contributed by atoms with Gasteiger partial charge in [0.1, 0.15) is 30.4 Å². The van der Waals surface area contributed by atoms with Crippen molar-refractivity contribution in [3.8, 4) is 0 Å². The molecule has 0 aromatic heterocycles. The Morgan fingerprint density at radius 3 is 1.91 bits per heavy atom. The molecule has 0 bridgehead atoms. The summed E-state index contributed by atoms with van der Waals surface area (Å²) in [5.41, 5.74) is 2.76. The van der Waals surface area contributed by atoms with Crippen molar-refractivity contribution >= 4 is 36.3 Å². The van der Waals surface area contributed by atoms with Gasteiger partial charge in [-0.3, -0.25) is 19.3 Å². The first-order valence-corrected chi connectivity index (χ1v) is 16.4. The first-order chi connectivity index (χ1) is 21.8. The van der Waals surface area contributed by atoms with Crippen LogP contribution in [-0.4, -0.2) is 101 Å². The lowest BCUT2D eigenvalue weighted by atomic mass is 9.90. The first-order valence-electron chi connectivity index (χ1n) is 16.4. The first kappa shape index (κ1) is 47.3. The normalized spacial score (nSPS) is 12.8. The van der Waals surface area contributed by atoms with Gasteiger partial charge in [-0.25, -0.2) is 0 Å². The lowest BCUT2D eigenvalue weighted by molar-refractivity contribution is -0.123. The van der Waals surface area contributed by atoms with E-state index in [2.05, 4.69) is 46.7 Å². The molecule has 1 saturated heterocycles. The fraction of sp³-hybridized carbons (Fsp3) is 0.667. The van der Waals surface area contributed by atoms with Crippen molar-refractivity contribution in [1.82, 2.24) is 20.4 Å². The van der Waals surface area contributed by atoms with Gasteiger partial charge in [-0.15, -0.1) is 0 Å². The molecule has 0 spiro atoms. The van der Waals surface area contributed by atoms with Gasteiger partial charge in [0.05, 0.1) is 13.1 Å². The van der Waals surface area contributed by atoms with Crippen LogP contribution >= 0.6 is 0 Å². The SMILES string of the molecule is CC(C)C(=O)CN(C)C.CC=O.CC=O.CCC(C)C(=O)CN(C)Cc1cccc(CC2CCNCC2)c1.CNC(=O)CCC=O. The maximum Gasteiger partial charge on any atom is 0.220 e. The van der Waals surface area contributed by atoms with Gasteiger partial charge in [-0.1, -0.05) is 52.0 Å². The molecule has 46 heavy (non-hydrogen) atoms. The van der Waals surface area contributed by atoms with Gasteiger partial charge in [0.25, 0.3) is 0 Å². The van der Waals surface area contributed by atoms with Crippen LogP contribution in [0.5, 0.6) is 0 Å². The zero-order chi connectivity index (χ0) is 35.9. The van der Waals surface area contributed by atoms with Crippen LogP contribution in [0.3, 0.4) is 0 Å². The molecule has 1 aromatic carbocycles. The second-order valence-electron chi connectivity index (χ2n) is 11.9. The van der Waals surface area contributed by atoms with Crippen LogP contribution in [0.2, 0.25) is 0 Å². The van der Waals surface area contributed by atoms with E-state index in [1.54, 1.807) is 7.05 Å². The fourth-order valence-corrected chi connectivity index (χ4v) is 4.10. The summed E-state index contributed by atoms with van der Waals surface area (Å²) in [4.78, 5) is 64.6. The van der Waals surface area contributed by atoms with Crippen LogP contribution in [-0.2, 0) is 41.7 Å². The van der Waals surface area contributed by atoms with E-state index < -0.39 is 0 Å². The largest absolute Gasteiger partial charge is 0.359 e. The maximum atomic E-state index is 12.1. The number of benzene rings is 1. The Kier molecular flexibility index (Phi) is 32.8. The van der Waals surface area contributed by atoms with Gasteiger partial charge < -0.3 is 29.9 Å². The predicted molar refractivity (Wildman–Crippen MR) is 188 cm³/mol. The summed E-state index contributed by atoms with van der Waals surface area (Å²) in [7, 11) is 7.40. The summed E-state index contributed by atoms with van der Waals surface area (Å²) in [6.07, 6.45) is 7.54. The average molecular weight is 649 g/mol. The summed E-state index contributed by atoms with van der Waals surface area (Å²) >= 11 is 0. The number of hydrogen-bond acceptors (Lipinski definition) is 9. The molecular formula is C36H64N4O6. The highest BCUT2D eigenvalue weighted by atomic mass is 16.2. The van der Waals surface area contributed by atoms with Gasteiger partial charge in [-0.2, -0.15) is 0 Å². The maximum absolute atomic E-state index is 12.1. The molecule has 10 nitrogen and oxygen atoms in total. The highest BCUT2D eigenvalue weighted by molar-refractivity contribution is 5.82. The molecule has 1 aliphatic rings. The van der Waals surface area contributed by atoms with E-state index in [4.69, 9.17) is 9.59 Å². The van der Waals surface area contributed by atoms with E-state index in [1.165, 1.54) is 44.2 Å². The standard InChI is InChI=1S/C20H32N2O.C7H15NO.C5H9NO2.2C2H4O/c1-4-16(2)20(23)15-22(3)14-19-7-5-6-18(13-19)12-17-8-10-21-11-9-17;1-6(2)7(9)5-8(3)4;1-6-5(8)3-2-4-7;2*1-2-3/h5-7,13,16-17,21H,4,8-12,14-15H2,1-3H3;6H,5H2,1-4H3;4H,2-3H2,1H3,(H,6,8);2*2H,1H3. The third-order valence-electron chi connectivity index (χ3n) is 6.90. The molecule has 2 rings (SSSR count). The average Bonchev–Trinajstić information content (AvgIpc) is 3.01. The molecule has 264 valence electrons. The van der Waals surface area contributed by atoms with Crippen molar-refractivity contribution in [3.63, 3.8) is 0 Å². The van der Waals surface area contributed by atoms with Gasteiger partial charge in [0.2, 0.25) is 5.91 Å². The Morgan fingerprint density at radius 2 is 1.48 bits per heavy atom. The minimum Gasteiger partial charge on any atom is -0.359 e. The molecule has 0 saturated carbocycles. The van der Waals surface area contributed by atoms with Crippen LogP contribution < -0.4 is 10.6 Å². The van der Waals surface area contributed by atoms with Gasteiger partial charge >= 0.3 is 0 Å². The van der Waals surface area contributed by atoms with Crippen LogP contribution in [0.15, 0.2) is 24.3 Å². The number of carbonyl (C=O) groups excluding carboxylic acids is 6. The number of amides is 1. The number of aldehydes is 3. The number of carbonyl (C=O) groups is 6. The summed E-state index contributed by atoms with van der Waals surface area (Å²) < 4.78 is 0. The third kappa shape index (κ3) is 29.6. The van der Waals surface area contributed by atoms with Gasteiger partial charge in [0, 0.05) is 38.3 Å². The van der Waals surface area contributed by atoms with Crippen LogP contribution in [0.4, 0.5) is 0 Å². The Labute approximate surface area is 279 Å². The number of rotatable bonds is 14. The van der Waals surface area contributed by atoms with Crippen LogP contribution in [0.25, 0.3) is 0 Å². The summed E-state index contributed by atoms with van der Waals surface area (Å²) in [6, 6.07) is 8.91. The smallest absolute Gasteiger partial charge is 0.220 e. The number of likely N-dealkylation sites (N-methyl/N-ethyl adjacent to an activating group) is 2. The van der Waals surface area contributed by atoms with Crippen molar-refractivity contribution < 1.29 is 28.8 Å². The second kappa shape index (κ2) is 31.9. The van der Waals surface area contributed by atoms with E-state index in [0.29, 0.717) is 37.5 Å². The number of Topliss-reactive ketones (excluding diaryl/α,β-unsaturated/α-hetero) is 2. The number of hydrogen-bond donors (Lipinski definition) is 2. The zero-order valence-electron chi connectivity index (χ0n) is 30.4. The van der Waals surface area contributed by atoms with Crippen molar-refractivity contribution in [2.45, 2.75) is 86.6 Å². The molecule has 1 atom stereocenters. The molecular weight excluding hydrogens is 584 g/mol. The lowest BCUT2D eigenvalue weighted by Crippen LogP contribution is -2.29. The topological polar surface area (TPSA) is 133 Å². The molecule has 1 amide bonds. The summed E-state index contributed by atoms with van der Waals surface area (Å²) in [5.74, 6) is 1.73. The third-order valence-corrected chi connectivity index (χ3v) is 6.90. The summed E-state index contributed by atoms with van der Waals surface area (Å²) in [5, 5.41) is 5.83. The van der Waals surface area contributed by atoms with E-state index in [-0.39, 0.29) is 17.7 Å². The molecule has 2 N–H and O–H groups in total. The van der Waals surface area contributed by atoms with Crippen LogP contribution in [0, 0.1) is 17.8 Å². The Hall–Kier alpha value is -3.08. The van der Waals surface area contributed by atoms with E-state index in [0.717, 1.165) is 50.8 Å². The van der Waals surface area contributed by atoms with Crippen molar-refractivity contribution in [3.05, 3.63) is 35.4 Å². The lowest BCUT2D eigenvalue weighted by Gasteiger charge is -2.23. The van der Waals surface area contributed by atoms with Crippen LogP contribution in [0.1, 0.15) is 84.8 Å². The van der Waals surface area contributed by atoms with E-state index >= 15 is 0 Å². The molecule has 1 aromatic rings. The van der Waals surface area contributed by atoms with E-state index in [9.17, 15) is 19.2 Å². The Morgan fingerprint density at radius 1 is 0.935 bits per heavy atom. The van der Waals surface area contributed by atoms with Crippen molar-refractivity contribution in [2.24, 2.45) is 17.8 Å². The molecule has 10 heteroatoms. The summed E-state index contributed by atoms with van der Waals surface area (Å²) in [6.45, 7) is 15.1. The number of ketones is 2. The number of piperidine rings is 1. The molecule has 0 radical (unpaired) electrons. The Bertz CT molecular complexity index is 956. The molecule has 1 unspecified atom stereocenters. The minimum absolute atomic E-state index is 0.0860. The number of nitrogens with one attached hydrogen (secondary N) is 2. The monoisotopic (exact) mass is 648 g/mol. The molecule has 1 aliphatic heterocycles. The fourth-order valence-electron chi connectivity index (χ4n) is 4.10. The number of nitrogens with zero attached hydrogens (tertiary/aromatic N) is 2. The highest BCUT2D eigenvalue weighted by Crippen LogP contribution is 2.19. The van der Waals surface area contributed by atoms with Crippen molar-refractivity contribution in [2.75, 3.05) is 54.4 Å². The second-order valence-corrected chi connectivity index (χ2v) is 11.9. The molecule has 0 aliphatic carbocycles. The molecule has 1 fully saturated rings. The highest BCUT2D eigenvalue weighted by Gasteiger charge is 2.15. The van der Waals surface area contributed by atoms with Gasteiger partial charge in [-0.05, 0) is 90.8 Å². The van der Waals surface area contributed by atoms with Gasteiger partial charge in [0.15, 0.2) is 0 Å². The molecule has 1 heterocycles. The minimum atomic E-state index is -0.0860.